The standard InChI is InChI=1S/C21H27ClN4O2S.HI/c1-23-21(24-12-7-17-29(27,28)18-8-3-2-4-9-18)26-15-13-25(14-16-26)20-11-6-5-10-19(20)22;/h2-6,8-11H,7,12-17H2,1H3,(H,23,24);1H. The monoisotopic (exact) mass is 562 g/mol. The van der Waals surface area contributed by atoms with Gasteiger partial charge in [0.15, 0.2) is 15.8 Å². The molecule has 2 aromatic rings. The summed E-state index contributed by atoms with van der Waals surface area (Å²) in [5.74, 6) is 0.919. The van der Waals surface area contributed by atoms with Gasteiger partial charge in [0, 0.05) is 39.8 Å². The molecule has 6 nitrogen and oxygen atoms in total. The number of hydrogen-bond donors (Lipinski definition) is 1. The second-order valence-corrected chi connectivity index (χ2v) is 9.40. The molecule has 0 bridgehead atoms. The molecule has 0 atom stereocenters. The Morgan fingerprint density at radius 3 is 2.30 bits per heavy atom. The van der Waals surface area contributed by atoms with Crippen LogP contribution in [0.15, 0.2) is 64.5 Å². The highest BCUT2D eigenvalue weighted by atomic mass is 127. The zero-order valence-electron chi connectivity index (χ0n) is 17.0. The van der Waals surface area contributed by atoms with Gasteiger partial charge in [-0.2, -0.15) is 0 Å². The maximum Gasteiger partial charge on any atom is 0.193 e. The molecule has 1 aliphatic heterocycles. The SMILES string of the molecule is CN=C(NCCCS(=O)(=O)c1ccccc1)N1CCN(c2ccccc2Cl)CC1.I. The van der Waals surface area contributed by atoms with Gasteiger partial charge < -0.3 is 15.1 Å². The predicted molar refractivity (Wildman–Crippen MR) is 135 cm³/mol. The molecule has 1 saturated heterocycles. The summed E-state index contributed by atoms with van der Waals surface area (Å²) in [6.07, 6.45) is 0.524. The van der Waals surface area contributed by atoms with Crippen LogP contribution in [0.25, 0.3) is 0 Å². The van der Waals surface area contributed by atoms with Crippen LogP contribution in [-0.2, 0) is 9.84 Å². The number of para-hydroxylation sites is 1. The molecule has 0 aromatic heterocycles. The molecular formula is C21H28ClIN4O2S. The molecule has 2 aromatic carbocycles. The maximum absolute atomic E-state index is 12.4. The van der Waals surface area contributed by atoms with Gasteiger partial charge in [-0.3, -0.25) is 4.99 Å². The van der Waals surface area contributed by atoms with Crippen LogP contribution < -0.4 is 10.2 Å². The van der Waals surface area contributed by atoms with Gasteiger partial charge in [0.1, 0.15) is 0 Å². The molecule has 9 heteroatoms. The first-order chi connectivity index (χ1) is 14.0. The van der Waals surface area contributed by atoms with Gasteiger partial charge in [-0.25, -0.2) is 8.42 Å². The summed E-state index contributed by atoms with van der Waals surface area (Å²) >= 11 is 6.31. The number of benzene rings is 2. The molecule has 0 radical (unpaired) electrons. The summed E-state index contributed by atoms with van der Waals surface area (Å²) in [5, 5.41) is 4.06. The Morgan fingerprint density at radius 2 is 1.67 bits per heavy atom. The lowest BCUT2D eigenvalue weighted by Gasteiger charge is -2.38. The fraction of sp³-hybridized carbons (Fsp3) is 0.381. The third-order valence-corrected chi connectivity index (χ3v) is 7.10. The number of halogens is 2. The Balaban J connectivity index is 0.00000320. The first-order valence-corrected chi connectivity index (χ1v) is 11.8. The lowest BCUT2D eigenvalue weighted by atomic mass is 10.2. The summed E-state index contributed by atoms with van der Waals surface area (Å²) in [7, 11) is -1.49. The van der Waals surface area contributed by atoms with Crippen LogP contribution in [0.4, 0.5) is 5.69 Å². The Bertz CT molecular complexity index is 933. The summed E-state index contributed by atoms with van der Waals surface area (Å²) in [4.78, 5) is 9.20. The molecule has 0 unspecified atom stereocenters. The number of sulfone groups is 1. The van der Waals surface area contributed by atoms with E-state index < -0.39 is 9.84 Å². The number of nitrogens with zero attached hydrogens (tertiary/aromatic N) is 3. The predicted octanol–water partition coefficient (Wildman–Crippen LogP) is 3.52. The molecule has 0 saturated carbocycles. The van der Waals surface area contributed by atoms with Crippen molar-refractivity contribution in [3.8, 4) is 0 Å². The second kappa shape index (κ2) is 11.8. The highest BCUT2D eigenvalue weighted by Gasteiger charge is 2.21. The lowest BCUT2D eigenvalue weighted by Crippen LogP contribution is -2.52. The molecule has 0 aliphatic carbocycles. The van der Waals surface area contributed by atoms with E-state index in [0.29, 0.717) is 17.9 Å². The lowest BCUT2D eigenvalue weighted by molar-refractivity contribution is 0.373. The number of hydrogen-bond acceptors (Lipinski definition) is 4. The summed E-state index contributed by atoms with van der Waals surface area (Å²) in [6.45, 7) is 3.92. The van der Waals surface area contributed by atoms with Crippen LogP contribution >= 0.6 is 35.6 Å². The zero-order chi connectivity index (χ0) is 20.7. The van der Waals surface area contributed by atoms with Crippen LogP contribution in [0.2, 0.25) is 5.02 Å². The Morgan fingerprint density at radius 1 is 1.03 bits per heavy atom. The van der Waals surface area contributed by atoms with Crippen molar-refractivity contribution < 1.29 is 8.42 Å². The third-order valence-electron chi connectivity index (χ3n) is 4.96. The van der Waals surface area contributed by atoms with E-state index in [2.05, 4.69) is 20.1 Å². The van der Waals surface area contributed by atoms with Crippen molar-refractivity contribution in [1.29, 1.82) is 0 Å². The van der Waals surface area contributed by atoms with Crippen molar-refractivity contribution in [2.24, 2.45) is 4.99 Å². The van der Waals surface area contributed by atoms with Crippen LogP contribution in [0.3, 0.4) is 0 Å². The Labute approximate surface area is 201 Å². The normalized spacial score (nSPS) is 14.9. The van der Waals surface area contributed by atoms with Gasteiger partial charge in [-0.15, -0.1) is 24.0 Å². The molecule has 1 N–H and O–H groups in total. The molecule has 1 fully saturated rings. The van der Waals surface area contributed by atoms with E-state index in [-0.39, 0.29) is 29.7 Å². The Kier molecular flexibility index (Phi) is 9.70. The first-order valence-electron chi connectivity index (χ1n) is 9.74. The summed E-state index contributed by atoms with van der Waals surface area (Å²) < 4.78 is 24.7. The van der Waals surface area contributed by atoms with Crippen molar-refractivity contribution in [2.75, 3.05) is 50.4 Å². The van der Waals surface area contributed by atoms with E-state index in [1.807, 2.05) is 30.3 Å². The smallest absolute Gasteiger partial charge is 0.193 e. The zero-order valence-corrected chi connectivity index (χ0v) is 20.9. The molecule has 0 amide bonds. The summed E-state index contributed by atoms with van der Waals surface area (Å²) in [6, 6.07) is 16.5. The number of nitrogens with one attached hydrogen (secondary N) is 1. The molecule has 30 heavy (non-hydrogen) atoms. The largest absolute Gasteiger partial charge is 0.367 e. The van der Waals surface area contributed by atoms with Crippen molar-refractivity contribution in [3.05, 3.63) is 59.6 Å². The van der Waals surface area contributed by atoms with Gasteiger partial charge >= 0.3 is 0 Å². The highest BCUT2D eigenvalue weighted by molar-refractivity contribution is 14.0. The number of aliphatic imine (C=N–C) groups is 1. The van der Waals surface area contributed by atoms with Crippen molar-refractivity contribution in [1.82, 2.24) is 10.2 Å². The number of piperazine rings is 1. The molecule has 1 heterocycles. The maximum atomic E-state index is 12.4. The van der Waals surface area contributed by atoms with Gasteiger partial charge in [0.2, 0.25) is 0 Å². The van der Waals surface area contributed by atoms with E-state index in [1.54, 1.807) is 31.3 Å². The topological polar surface area (TPSA) is 65.0 Å². The van der Waals surface area contributed by atoms with E-state index in [0.717, 1.165) is 42.8 Å². The minimum absolute atomic E-state index is 0. The molecule has 0 spiro atoms. The molecule has 1 aliphatic rings. The minimum atomic E-state index is -3.24. The van der Waals surface area contributed by atoms with Crippen molar-refractivity contribution in [2.45, 2.75) is 11.3 Å². The van der Waals surface area contributed by atoms with Crippen LogP contribution in [0.5, 0.6) is 0 Å². The van der Waals surface area contributed by atoms with Gasteiger partial charge in [-0.1, -0.05) is 41.9 Å². The fourth-order valence-corrected chi connectivity index (χ4v) is 4.99. The average Bonchev–Trinajstić information content (AvgIpc) is 2.75. The number of rotatable bonds is 6. The highest BCUT2D eigenvalue weighted by Crippen LogP contribution is 2.26. The van der Waals surface area contributed by atoms with Crippen LogP contribution in [-0.4, -0.2) is 64.8 Å². The van der Waals surface area contributed by atoms with Gasteiger partial charge in [-0.05, 0) is 30.7 Å². The van der Waals surface area contributed by atoms with Crippen molar-refractivity contribution in [3.63, 3.8) is 0 Å². The molecular weight excluding hydrogens is 535 g/mol. The van der Waals surface area contributed by atoms with Crippen LogP contribution in [0.1, 0.15) is 6.42 Å². The minimum Gasteiger partial charge on any atom is -0.367 e. The number of guanidine groups is 1. The third kappa shape index (κ3) is 6.49. The average molecular weight is 563 g/mol. The summed E-state index contributed by atoms with van der Waals surface area (Å²) in [5.41, 5.74) is 1.06. The molecule has 164 valence electrons. The van der Waals surface area contributed by atoms with Gasteiger partial charge in [0.25, 0.3) is 0 Å². The quantitative estimate of drug-likeness (QED) is 0.253. The van der Waals surface area contributed by atoms with E-state index >= 15 is 0 Å². The van der Waals surface area contributed by atoms with Gasteiger partial charge in [0.05, 0.1) is 21.4 Å². The Hall–Kier alpha value is -1.52. The van der Waals surface area contributed by atoms with Crippen molar-refractivity contribution >= 4 is 57.1 Å². The molecule has 3 rings (SSSR count). The van der Waals surface area contributed by atoms with E-state index in [9.17, 15) is 8.42 Å². The number of anilines is 1. The first kappa shape index (κ1) is 24.7. The fourth-order valence-electron chi connectivity index (χ4n) is 3.41. The second-order valence-electron chi connectivity index (χ2n) is 6.88. The van der Waals surface area contributed by atoms with E-state index in [4.69, 9.17) is 11.6 Å². The van der Waals surface area contributed by atoms with Crippen LogP contribution in [0, 0.1) is 0 Å². The van der Waals surface area contributed by atoms with E-state index in [1.165, 1.54) is 0 Å².